The standard InChI is InChI=1S/C20H17ClN4O2/c1-12-7-6-10-16(13(12)2)27-11-15-17(21)19(26)25-20(22-15)23-18(24-25)14-8-4-3-5-9-14/h3-10H,11H2,1-2H3,(H,22,23,24). The van der Waals surface area contributed by atoms with Crippen LogP contribution in [0.3, 0.4) is 0 Å². The number of H-pyrrole nitrogens is 1. The molecule has 4 rings (SSSR count). The molecule has 0 spiro atoms. The lowest BCUT2D eigenvalue weighted by atomic mass is 10.1. The van der Waals surface area contributed by atoms with Gasteiger partial charge in [0.15, 0.2) is 5.82 Å². The summed E-state index contributed by atoms with van der Waals surface area (Å²) in [6.45, 7) is 4.13. The number of fused-ring (bicyclic) bond motifs is 1. The molecular weight excluding hydrogens is 364 g/mol. The Balaban J connectivity index is 1.70. The Morgan fingerprint density at radius 3 is 2.67 bits per heavy atom. The number of aromatic nitrogens is 4. The van der Waals surface area contributed by atoms with E-state index in [0.717, 1.165) is 22.4 Å². The first kappa shape index (κ1) is 17.3. The van der Waals surface area contributed by atoms with E-state index in [-0.39, 0.29) is 11.6 Å². The van der Waals surface area contributed by atoms with E-state index in [0.29, 0.717) is 17.3 Å². The molecule has 0 saturated carbocycles. The third kappa shape index (κ3) is 3.19. The van der Waals surface area contributed by atoms with Crippen molar-refractivity contribution in [3.05, 3.63) is 80.7 Å². The van der Waals surface area contributed by atoms with Gasteiger partial charge >= 0.3 is 0 Å². The molecule has 0 unspecified atom stereocenters. The van der Waals surface area contributed by atoms with Gasteiger partial charge in [-0.15, -0.1) is 5.10 Å². The van der Waals surface area contributed by atoms with Crippen LogP contribution >= 0.6 is 11.6 Å². The average molecular weight is 381 g/mol. The van der Waals surface area contributed by atoms with Crippen molar-refractivity contribution in [3.63, 3.8) is 0 Å². The Hall–Kier alpha value is -3.12. The number of halogens is 1. The highest BCUT2D eigenvalue weighted by Gasteiger charge is 2.15. The second-order valence-corrected chi connectivity index (χ2v) is 6.62. The maximum absolute atomic E-state index is 12.6. The van der Waals surface area contributed by atoms with Crippen molar-refractivity contribution in [1.29, 1.82) is 0 Å². The summed E-state index contributed by atoms with van der Waals surface area (Å²) in [7, 11) is 0. The first-order valence-corrected chi connectivity index (χ1v) is 8.84. The molecule has 0 aliphatic heterocycles. The molecule has 136 valence electrons. The number of ether oxygens (including phenoxy) is 1. The van der Waals surface area contributed by atoms with Crippen molar-refractivity contribution >= 4 is 17.4 Å². The van der Waals surface area contributed by atoms with E-state index >= 15 is 0 Å². The molecule has 27 heavy (non-hydrogen) atoms. The summed E-state index contributed by atoms with van der Waals surface area (Å²) < 4.78 is 7.04. The summed E-state index contributed by atoms with van der Waals surface area (Å²) in [4.78, 5) is 20.1. The maximum atomic E-state index is 12.6. The van der Waals surface area contributed by atoms with Gasteiger partial charge < -0.3 is 9.72 Å². The fraction of sp³-hybridized carbons (Fsp3) is 0.150. The third-order valence-electron chi connectivity index (χ3n) is 4.47. The number of rotatable bonds is 4. The molecule has 6 nitrogen and oxygen atoms in total. The van der Waals surface area contributed by atoms with E-state index in [2.05, 4.69) is 15.1 Å². The molecule has 0 saturated heterocycles. The molecule has 0 fully saturated rings. The lowest BCUT2D eigenvalue weighted by Gasteiger charge is -2.11. The highest BCUT2D eigenvalue weighted by Crippen LogP contribution is 2.22. The van der Waals surface area contributed by atoms with Crippen molar-refractivity contribution in [1.82, 2.24) is 19.6 Å². The lowest BCUT2D eigenvalue weighted by molar-refractivity contribution is 0.299. The topological polar surface area (TPSA) is 72.3 Å². The van der Waals surface area contributed by atoms with E-state index in [1.54, 1.807) is 0 Å². The van der Waals surface area contributed by atoms with Gasteiger partial charge in [-0.25, -0.2) is 0 Å². The molecule has 0 aliphatic carbocycles. The zero-order valence-corrected chi connectivity index (χ0v) is 15.6. The number of aromatic amines is 1. The fourth-order valence-corrected chi connectivity index (χ4v) is 2.97. The number of hydrogen-bond donors (Lipinski definition) is 1. The van der Waals surface area contributed by atoms with Gasteiger partial charge in [-0.2, -0.15) is 9.50 Å². The van der Waals surface area contributed by atoms with Crippen LogP contribution in [0.5, 0.6) is 5.75 Å². The van der Waals surface area contributed by atoms with Crippen LogP contribution in [-0.2, 0) is 6.61 Å². The summed E-state index contributed by atoms with van der Waals surface area (Å²) >= 11 is 6.25. The van der Waals surface area contributed by atoms with Crippen LogP contribution in [0.15, 0.2) is 53.3 Å². The second kappa shape index (κ2) is 6.89. The summed E-state index contributed by atoms with van der Waals surface area (Å²) in [5.74, 6) is 1.52. The van der Waals surface area contributed by atoms with Gasteiger partial charge in [-0.3, -0.25) is 4.79 Å². The zero-order valence-electron chi connectivity index (χ0n) is 14.9. The van der Waals surface area contributed by atoms with Crippen LogP contribution in [0.1, 0.15) is 16.8 Å². The quantitative estimate of drug-likeness (QED) is 0.582. The number of aryl methyl sites for hydroxylation is 1. The Bertz CT molecular complexity index is 1180. The number of benzene rings is 2. The average Bonchev–Trinajstić information content (AvgIpc) is 3.11. The molecule has 0 atom stereocenters. The van der Waals surface area contributed by atoms with Crippen LogP contribution in [0.4, 0.5) is 0 Å². The first-order valence-electron chi connectivity index (χ1n) is 8.46. The van der Waals surface area contributed by atoms with Crippen LogP contribution in [0, 0.1) is 13.8 Å². The Morgan fingerprint density at radius 1 is 1.11 bits per heavy atom. The van der Waals surface area contributed by atoms with Gasteiger partial charge in [-0.05, 0) is 31.0 Å². The van der Waals surface area contributed by atoms with Gasteiger partial charge in [0.2, 0.25) is 5.78 Å². The summed E-state index contributed by atoms with van der Waals surface area (Å²) in [6, 6.07) is 15.3. The highest BCUT2D eigenvalue weighted by atomic mass is 35.5. The van der Waals surface area contributed by atoms with E-state index in [1.807, 2.05) is 62.4 Å². The normalized spacial score (nSPS) is 11.1. The van der Waals surface area contributed by atoms with Crippen LogP contribution in [0.2, 0.25) is 5.02 Å². The second-order valence-electron chi connectivity index (χ2n) is 6.25. The highest BCUT2D eigenvalue weighted by molar-refractivity contribution is 6.31. The van der Waals surface area contributed by atoms with Crippen LogP contribution in [-0.4, -0.2) is 19.6 Å². The Morgan fingerprint density at radius 2 is 1.89 bits per heavy atom. The van der Waals surface area contributed by atoms with Gasteiger partial charge in [0.05, 0.1) is 5.69 Å². The molecule has 0 radical (unpaired) electrons. The van der Waals surface area contributed by atoms with Crippen LogP contribution < -0.4 is 10.3 Å². The molecule has 2 aromatic carbocycles. The summed E-state index contributed by atoms with van der Waals surface area (Å²) in [5, 5.41) is 4.30. The predicted molar refractivity (Wildman–Crippen MR) is 104 cm³/mol. The largest absolute Gasteiger partial charge is 0.487 e. The van der Waals surface area contributed by atoms with Crippen molar-refractivity contribution < 1.29 is 4.74 Å². The molecule has 0 amide bonds. The molecule has 2 heterocycles. The zero-order chi connectivity index (χ0) is 19.0. The SMILES string of the molecule is Cc1cccc(OCc2[nH]c3nc(-c4ccccc4)nn3c(=O)c2Cl)c1C. The van der Waals surface area contributed by atoms with Crippen LogP contribution in [0.25, 0.3) is 17.2 Å². The van der Waals surface area contributed by atoms with E-state index in [9.17, 15) is 4.79 Å². The molecule has 0 bridgehead atoms. The van der Waals surface area contributed by atoms with Gasteiger partial charge in [0.1, 0.15) is 17.4 Å². The molecular formula is C20H17ClN4O2. The van der Waals surface area contributed by atoms with Gasteiger partial charge in [0.25, 0.3) is 5.56 Å². The minimum Gasteiger partial charge on any atom is -0.487 e. The first-order chi connectivity index (χ1) is 13.0. The third-order valence-corrected chi connectivity index (χ3v) is 4.86. The molecule has 2 aromatic heterocycles. The number of hydrogen-bond acceptors (Lipinski definition) is 4. The van der Waals surface area contributed by atoms with Crippen molar-refractivity contribution in [2.45, 2.75) is 20.5 Å². The minimum atomic E-state index is -0.431. The van der Waals surface area contributed by atoms with E-state index in [1.165, 1.54) is 4.52 Å². The van der Waals surface area contributed by atoms with E-state index in [4.69, 9.17) is 16.3 Å². The molecule has 4 aromatic rings. The van der Waals surface area contributed by atoms with E-state index < -0.39 is 5.56 Å². The van der Waals surface area contributed by atoms with Crippen molar-refractivity contribution in [3.8, 4) is 17.1 Å². The lowest BCUT2D eigenvalue weighted by Crippen LogP contribution is -2.19. The molecule has 1 N–H and O–H groups in total. The van der Waals surface area contributed by atoms with Crippen molar-refractivity contribution in [2.24, 2.45) is 0 Å². The number of nitrogens with one attached hydrogen (secondary N) is 1. The fourth-order valence-electron chi connectivity index (χ4n) is 2.79. The summed E-state index contributed by atoms with van der Waals surface area (Å²) in [6.07, 6.45) is 0. The monoisotopic (exact) mass is 380 g/mol. The maximum Gasteiger partial charge on any atom is 0.294 e. The Labute approximate surface area is 160 Å². The Kier molecular flexibility index (Phi) is 4.41. The number of nitrogens with zero attached hydrogens (tertiary/aromatic N) is 3. The molecule has 7 heteroatoms. The van der Waals surface area contributed by atoms with Crippen molar-refractivity contribution in [2.75, 3.05) is 0 Å². The molecule has 0 aliphatic rings. The van der Waals surface area contributed by atoms with Gasteiger partial charge in [-0.1, -0.05) is 54.1 Å². The van der Waals surface area contributed by atoms with Gasteiger partial charge in [0, 0.05) is 5.56 Å². The minimum absolute atomic E-state index is 0.0392. The predicted octanol–water partition coefficient (Wildman–Crippen LogP) is 3.93. The summed E-state index contributed by atoms with van der Waals surface area (Å²) in [5.41, 5.74) is 3.03. The smallest absolute Gasteiger partial charge is 0.294 e.